The summed E-state index contributed by atoms with van der Waals surface area (Å²) in [5.41, 5.74) is 9.75. The van der Waals surface area contributed by atoms with Crippen LogP contribution < -0.4 is 15.2 Å². The van der Waals surface area contributed by atoms with E-state index in [2.05, 4.69) is 10.0 Å². The zero-order valence-electron chi connectivity index (χ0n) is 15.3. The summed E-state index contributed by atoms with van der Waals surface area (Å²) in [6.07, 6.45) is 4.78. The highest BCUT2D eigenvalue weighted by molar-refractivity contribution is 5.96. The first-order chi connectivity index (χ1) is 13.6. The van der Waals surface area contributed by atoms with Crippen molar-refractivity contribution in [2.45, 2.75) is 18.2 Å². The third kappa shape index (κ3) is 2.52. The second kappa shape index (κ2) is 6.79. The van der Waals surface area contributed by atoms with Crippen molar-refractivity contribution in [2.24, 2.45) is 5.11 Å². The van der Waals surface area contributed by atoms with Gasteiger partial charge in [0.05, 0.1) is 19.2 Å². The molecule has 2 aromatic rings. The number of ether oxygens (including phenoxy) is 1. The van der Waals surface area contributed by atoms with Crippen LogP contribution in [0.2, 0.25) is 0 Å². The summed E-state index contributed by atoms with van der Waals surface area (Å²) in [6.45, 7) is 0. The molecule has 0 aliphatic carbocycles. The highest BCUT2D eigenvalue weighted by Crippen LogP contribution is 2.36. The largest absolute Gasteiger partial charge is 0.491 e. The molecule has 9 heteroatoms. The Morgan fingerprint density at radius 1 is 1.14 bits per heavy atom. The summed E-state index contributed by atoms with van der Waals surface area (Å²) in [7, 11) is 3.03. The van der Waals surface area contributed by atoms with Crippen molar-refractivity contribution in [3.05, 3.63) is 86.7 Å². The van der Waals surface area contributed by atoms with E-state index >= 15 is 0 Å². The van der Waals surface area contributed by atoms with Gasteiger partial charge in [-0.1, -0.05) is 41.5 Å². The second-order valence-corrected chi connectivity index (χ2v) is 6.55. The molecule has 3 atom stereocenters. The third-order valence-electron chi connectivity index (χ3n) is 5.09. The predicted molar refractivity (Wildman–Crippen MR) is 103 cm³/mol. The molecule has 0 bridgehead atoms. The zero-order valence-corrected chi connectivity index (χ0v) is 15.3. The van der Waals surface area contributed by atoms with Gasteiger partial charge in [-0.2, -0.15) is 0 Å². The number of carbonyl (C=O) groups is 1. The van der Waals surface area contributed by atoms with Crippen molar-refractivity contribution >= 4 is 5.91 Å². The Balaban J connectivity index is 2.00. The first-order valence-electron chi connectivity index (χ1n) is 8.71. The van der Waals surface area contributed by atoms with Gasteiger partial charge in [-0.05, 0) is 17.2 Å². The molecular formula is C19H18N6O3. The summed E-state index contributed by atoms with van der Waals surface area (Å²) in [6, 6.07) is 10.1. The lowest BCUT2D eigenvalue weighted by atomic mass is 9.94. The summed E-state index contributed by atoms with van der Waals surface area (Å²) in [5, 5.41) is 5.88. The predicted octanol–water partition coefficient (Wildman–Crippen LogP) is 2.20. The van der Waals surface area contributed by atoms with E-state index in [4.69, 9.17) is 10.3 Å². The Hall–Kier alpha value is -3.71. The Kier molecular flexibility index (Phi) is 4.29. The van der Waals surface area contributed by atoms with Gasteiger partial charge in [-0.3, -0.25) is 19.3 Å². The van der Waals surface area contributed by atoms with Gasteiger partial charge >= 0.3 is 0 Å². The molecule has 2 aliphatic rings. The van der Waals surface area contributed by atoms with Gasteiger partial charge < -0.3 is 9.64 Å². The minimum atomic E-state index is -0.497. The molecule has 1 amide bonds. The lowest BCUT2D eigenvalue weighted by Gasteiger charge is -2.50. The average Bonchev–Trinajstić information content (AvgIpc) is 2.72. The van der Waals surface area contributed by atoms with E-state index in [1.165, 1.54) is 18.1 Å². The van der Waals surface area contributed by atoms with Gasteiger partial charge in [-0.25, -0.2) is 0 Å². The quantitative estimate of drug-likeness (QED) is 0.353. The van der Waals surface area contributed by atoms with Crippen LogP contribution in [0.1, 0.15) is 22.1 Å². The van der Waals surface area contributed by atoms with E-state index in [9.17, 15) is 9.59 Å². The number of amides is 1. The molecule has 3 heterocycles. The first kappa shape index (κ1) is 17.7. The maximum Gasteiger partial charge on any atom is 0.278 e. The number of hydrogen-bond donors (Lipinski definition) is 0. The van der Waals surface area contributed by atoms with Gasteiger partial charge in [0.1, 0.15) is 6.17 Å². The normalized spacial score (nSPS) is 22.9. The van der Waals surface area contributed by atoms with Crippen LogP contribution in [0, 0.1) is 0 Å². The SMILES string of the molecule is COc1c2n(ccc1=O)N1[C@H](c3ccccc3)[C@H](N=[N+]=[N-])C=C[C@H]1N(C)C2=O. The maximum absolute atomic E-state index is 13.0. The molecule has 28 heavy (non-hydrogen) atoms. The number of hydrogen-bond acceptors (Lipinski definition) is 5. The lowest BCUT2D eigenvalue weighted by Crippen LogP contribution is -2.63. The standard InChI is InChI=1S/C19H18N6O3/c1-23-15-9-8-13(21-22-20)16(12-6-4-3-5-7-12)25(15)24-11-10-14(26)18(28-2)17(24)19(23)27/h3-11,13,15-16H,1-2H3/t13-,15+,16-/m1/s1. The fourth-order valence-corrected chi connectivity index (χ4v) is 3.84. The average molecular weight is 378 g/mol. The highest BCUT2D eigenvalue weighted by Gasteiger charge is 2.44. The number of pyridine rings is 1. The number of benzene rings is 1. The summed E-state index contributed by atoms with van der Waals surface area (Å²) in [5.74, 6) is -0.339. The van der Waals surface area contributed by atoms with E-state index < -0.39 is 12.2 Å². The third-order valence-corrected chi connectivity index (χ3v) is 5.09. The number of fused-ring (bicyclic) bond motifs is 3. The number of aromatic nitrogens is 1. The molecule has 1 aromatic carbocycles. The van der Waals surface area contributed by atoms with Crippen molar-refractivity contribution in [1.82, 2.24) is 9.58 Å². The molecular weight excluding hydrogens is 360 g/mol. The van der Waals surface area contributed by atoms with Crippen LogP contribution in [-0.2, 0) is 0 Å². The topological polar surface area (TPSA) is 104 Å². The van der Waals surface area contributed by atoms with Gasteiger partial charge in [0.25, 0.3) is 5.91 Å². The van der Waals surface area contributed by atoms with Crippen LogP contribution in [0.5, 0.6) is 5.75 Å². The summed E-state index contributed by atoms with van der Waals surface area (Å²) >= 11 is 0. The first-order valence-corrected chi connectivity index (χ1v) is 8.71. The number of methoxy groups -OCH3 is 1. The van der Waals surface area contributed by atoms with E-state index in [1.54, 1.807) is 17.9 Å². The highest BCUT2D eigenvalue weighted by atomic mass is 16.5. The molecule has 2 aliphatic heterocycles. The molecule has 1 aromatic heterocycles. The van der Waals surface area contributed by atoms with Gasteiger partial charge in [-0.15, -0.1) is 0 Å². The number of rotatable bonds is 3. The number of likely N-dealkylation sites (N-methyl/N-ethyl adjacent to an activating group) is 1. The summed E-state index contributed by atoms with van der Waals surface area (Å²) < 4.78 is 6.88. The van der Waals surface area contributed by atoms with Crippen molar-refractivity contribution in [1.29, 1.82) is 0 Å². The van der Waals surface area contributed by atoms with E-state index in [0.717, 1.165) is 5.56 Å². The molecule has 0 fully saturated rings. The Morgan fingerprint density at radius 2 is 1.89 bits per heavy atom. The fraction of sp³-hybridized carbons (Fsp3) is 0.263. The van der Waals surface area contributed by atoms with Gasteiger partial charge in [0.15, 0.2) is 11.4 Å². The smallest absolute Gasteiger partial charge is 0.278 e. The van der Waals surface area contributed by atoms with Crippen molar-refractivity contribution in [3.63, 3.8) is 0 Å². The molecule has 142 valence electrons. The maximum atomic E-state index is 13.0. The van der Waals surface area contributed by atoms with Crippen molar-refractivity contribution in [3.8, 4) is 5.75 Å². The van der Waals surface area contributed by atoms with Crippen molar-refractivity contribution < 1.29 is 9.53 Å². The molecule has 0 unspecified atom stereocenters. The zero-order chi connectivity index (χ0) is 19.8. The Morgan fingerprint density at radius 3 is 2.57 bits per heavy atom. The molecule has 0 saturated heterocycles. The lowest BCUT2D eigenvalue weighted by molar-refractivity contribution is 0.0650. The minimum absolute atomic E-state index is 0.0144. The molecule has 9 nitrogen and oxygen atoms in total. The molecule has 0 spiro atoms. The summed E-state index contributed by atoms with van der Waals surface area (Å²) in [4.78, 5) is 29.8. The molecule has 4 rings (SSSR count). The molecule has 0 radical (unpaired) electrons. The second-order valence-electron chi connectivity index (χ2n) is 6.55. The number of carbonyl (C=O) groups excluding carboxylic acids is 1. The number of nitrogens with zero attached hydrogens (tertiary/aromatic N) is 6. The van der Waals surface area contributed by atoms with Crippen LogP contribution in [0.3, 0.4) is 0 Å². The number of azide groups is 1. The van der Waals surface area contributed by atoms with E-state index in [1.807, 2.05) is 47.5 Å². The van der Waals surface area contributed by atoms with Crippen LogP contribution >= 0.6 is 0 Å². The van der Waals surface area contributed by atoms with Crippen LogP contribution in [0.15, 0.2) is 64.7 Å². The van der Waals surface area contributed by atoms with Crippen LogP contribution in [0.4, 0.5) is 0 Å². The van der Waals surface area contributed by atoms with Crippen LogP contribution in [-0.4, -0.2) is 41.8 Å². The van der Waals surface area contributed by atoms with Gasteiger partial charge in [0.2, 0.25) is 5.43 Å². The minimum Gasteiger partial charge on any atom is -0.491 e. The van der Waals surface area contributed by atoms with Gasteiger partial charge in [0, 0.05) is 24.2 Å². The van der Waals surface area contributed by atoms with Crippen molar-refractivity contribution in [2.75, 3.05) is 19.2 Å². The Bertz CT molecular complexity index is 1060. The van der Waals surface area contributed by atoms with E-state index in [0.29, 0.717) is 0 Å². The monoisotopic (exact) mass is 378 g/mol. The van der Waals surface area contributed by atoms with Crippen LogP contribution in [0.25, 0.3) is 10.4 Å². The molecule has 0 N–H and O–H groups in total. The van der Waals surface area contributed by atoms with E-state index in [-0.39, 0.29) is 28.8 Å². The Labute approximate surface area is 160 Å². The molecule has 0 saturated carbocycles. The fourth-order valence-electron chi connectivity index (χ4n) is 3.84.